The lowest BCUT2D eigenvalue weighted by atomic mass is 10.2. The van der Waals surface area contributed by atoms with Gasteiger partial charge in [-0.1, -0.05) is 0 Å². The van der Waals surface area contributed by atoms with Crippen LogP contribution in [0.4, 0.5) is 4.39 Å². The number of hydrogen-bond acceptors (Lipinski definition) is 2. The molecule has 1 N–H and O–H groups in total. The van der Waals surface area contributed by atoms with E-state index in [1.54, 1.807) is 11.8 Å². The summed E-state index contributed by atoms with van der Waals surface area (Å²) in [7, 11) is 0. The number of aryl methyl sites for hydroxylation is 1. The molecule has 1 aromatic rings. The van der Waals surface area contributed by atoms with Crippen molar-refractivity contribution >= 4 is 11.8 Å². The molecule has 3 heteroatoms. The van der Waals surface area contributed by atoms with Crippen LogP contribution >= 0.6 is 11.8 Å². The first-order valence-corrected chi connectivity index (χ1v) is 5.77. The average Bonchev–Trinajstić information content (AvgIpc) is 2.92. The highest BCUT2D eigenvalue weighted by Gasteiger charge is 2.21. The van der Waals surface area contributed by atoms with E-state index in [2.05, 4.69) is 0 Å². The molecule has 0 aliphatic heterocycles. The van der Waals surface area contributed by atoms with E-state index in [4.69, 9.17) is 0 Å². The van der Waals surface area contributed by atoms with Gasteiger partial charge < -0.3 is 5.11 Å². The number of benzene rings is 1. The molecule has 1 fully saturated rings. The van der Waals surface area contributed by atoms with Crippen LogP contribution in [0.1, 0.15) is 18.4 Å². The summed E-state index contributed by atoms with van der Waals surface area (Å²) in [6.07, 6.45) is 2.64. The molecule has 0 atom stereocenters. The summed E-state index contributed by atoms with van der Waals surface area (Å²) >= 11 is 1.71. The second kappa shape index (κ2) is 3.81. The smallest absolute Gasteiger partial charge is 0.165 e. The fourth-order valence-electron chi connectivity index (χ4n) is 1.29. The fourth-order valence-corrected chi connectivity index (χ4v) is 2.52. The number of hydrogen-bond donors (Lipinski definition) is 1. The number of phenols is 1. The van der Waals surface area contributed by atoms with Gasteiger partial charge in [-0.15, -0.1) is 11.8 Å². The maximum atomic E-state index is 12.9. The molecule has 0 heterocycles. The molecule has 1 saturated carbocycles. The lowest BCUT2D eigenvalue weighted by Crippen LogP contribution is -1.87. The third kappa shape index (κ3) is 2.21. The Bertz CT molecular complexity index is 347. The van der Waals surface area contributed by atoms with Crippen molar-refractivity contribution in [2.75, 3.05) is 5.75 Å². The van der Waals surface area contributed by atoms with E-state index in [0.717, 1.165) is 22.1 Å². The lowest BCUT2D eigenvalue weighted by molar-refractivity contribution is 0.430. The van der Waals surface area contributed by atoms with E-state index in [-0.39, 0.29) is 5.75 Å². The molecule has 0 bridgehead atoms. The van der Waals surface area contributed by atoms with Crippen LogP contribution < -0.4 is 0 Å². The van der Waals surface area contributed by atoms with Crippen LogP contribution in [0.5, 0.6) is 5.75 Å². The zero-order valence-electron chi connectivity index (χ0n) is 8.09. The normalized spacial score (nSPS) is 15.9. The minimum atomic E-state index is -0.529. The Hall–Kier alpha value is -0.700. The zero-order chi connectivity index (χ0) is 10.1. The molecule has 76 valence electrons. The Labute approximate surface area is 87.3 Å². The van der Waals surface area contributed by atoms with Gasteiger partial charge in [-0.25, -0.2) is 4.39 Å². The second-order valence-electron chi connectivity index (χ2n) is 3.82. The van der Waals surface area contributed by atoms with Crippen LogP contribution in [-0.4, -0.2) is 10.9 Å². The van der Waals surface area contributed by atoms with E-state index in [1.165, 1.54) is 25.0 Å². The molecule has 0 saturated heterocycles. The van der Waals surface area contributed by atoms with Crippen LogP contribution in [0.25, 0.3) is 0 Å². The van der Waals surface area contributed by atoms with Gasteiger partial charge >= 0.3 is 0 Å². The molecule has 1 aromatic carbocycles. The summed E-state index contributed by atoms with van der Waals surface area (Å²) in [5.74, 6) is 1.16. The number of phenolic OH excluding ortho intramolecular Hbond substituents is 1. The highest BCUT2D eigenvalue weighted by atomic mass is 32.2. The van der Waals surface area contributed by atoms with Crippen molar-refractivity contribution in [1.29, 1.82) is 0 Å². The Balaban J connectivity index is 2.10. The SMILES string of the molecule is Cc1cc(F)c(O)cc1SCC1CC1. The van der Waals surface area contributed by atoms with Crippen LogP contribution in [0.3, 0.4) is 0 Å². The summed E-state index contributed by atoms with van der Waals surface area (Å²) in [5.41, 5.74) is 0.908. The van der Waals surface area contributed by atoms with Gasteiger partial charge in [0.25, 0.3) is 0 Å². The minimum absolute atomic E-state index is 0.242. The average molecular weight is 212 g/mol. The van der Waals surface area contributed by atoms with Gasteiger partial charge in [-0.2, -0.15) is 0 Å². The third-order valence-electron chi connectivity index (χ3n) is 2.42. The quantitative estimate of drug-likeness (QED) is 0.775. The molecular weight excluding hydrogens is 199 g/mol. The van der Waals surface area contributed by atoms with E-state index < -0.39 is 5.82 Å². The Morgan fingerprint density at radius 2 is 2.21 bits per heavy atom. The first-order chi connectivity index (χ1) is 6.66. The maximum Gasteiger partial charge on any atom is 0.165 e. The van der Waals surface area contributed by atoms with Gasteiger partial charge in [0.2, 0.25) is 0 Å². The molecule has 0 spiro atoms. The summed E-state index contributed by atoms with van der Waals surface area (Å²) in [6.45, 7) is 1.87. The number of aromatic hydroxyl groups is 1. The second-order valence-corrected chi connectivity index (χ2v) is 4.89. The summed E-state index contributed by atoms with van der Waals surface area (Å²) in [4.78, 5) is 0.996. The van der Waals surface area contributed by atoms with Gasteiger partial charge in [0.05, 0.1) is 0 Å². The van der Waals surface area contributed by atoms with Crippen molar-refractivity contribution < 1.29 is 9.50 Å². The van der Waals surface area contributed by atoms with Crippen molar-refractivity contribution in [2.45, 2.75) is 24.7 Å². The van der Waals surface area contributed by atoms with Crippen LogP contribution in [0.15, 0.2) is 17.0 Å². The first-order valence-electron chi connectivity index (χ1n) is 4.78. The van der Waals surface area contributed by atoms with Crippen molar-refractivity contribution in [3.8, 4) is 5.75 Å². The van der Waals surface area contributed by atoms with Crippen molar-refractivity contribution in [2.24, 2.45) is 5.92 Å². The number of thioether (sulfide) groups is 1. The van der Waals surface area contributed by atoms with Crippen LogP contribution in [-0.2, 0) is 0 Å². The standard InChI is InChI=1S/C11H13FOS/c1-7-4-9(12)10(13)5-11(7)14-6-8-2-3-8/h4-5,8,13H,2-3,6H2,1H3. The fraction of sp³-hybridized carbons (Fsp3) is 0.455. The van der Waals surface area contributed by atoms with Gasteiger partial charge in [-0.05, 0) is 43.4 Å². The molecular formula is C11H13FOS. The predicted octanol–water partition coefficient (Wildman–Crippen LogP) is 3.34. The summed E-state index contributed by atoms with van der Waals surface area (Å²) in [6, 6.07) is 2.92. The molecule has 0 unspecified atom stereocenters. The lowest BCUT2D eigenvalue weighted by Gasteiger charge is -2.06. The molecule has 0 amide bonds. The van der Waals surface area contributed by atoms with Crippen LogP contribution in [0.2, 0.25) is 0 Å². The van der Waals surface area contributed by atoms with Crippen molar-refractivity contribution in [1.82, 2.24) is 0 Å². The monoisotopic (exact) mass is 212 g/mol. The molecule has 0 aromatic heterocycles. The van der Waals surface area contributed by atoms with E-state index in [1.807, 2.05) is 6.92 Å². The Morgan fingerprint density at radius 1 is 1.50 bits per heavy atom. The Kier molecular flexibility index (Phi) is 2.68. The third-order valence-corrected chi connectivity index (χ3v) is 3.80. The first kappa shape index (κ1) is 9.84. The zero-order valence-corrected chi connectivity index (χ0v) is 8.90. The minimum Gasteiger partial charge on any atom is -0.505 e. The van der Waals surface area contributed by atoms with Crippen molar-refractivity contribution in [3.05, 3.63) is 23.5 Å². The number of rotatable bonds is 3. The topological polar surface area (TPSA) is 20.2 Å². The molecule has 1 nitrogen and oxygen atoms in total. The van der Waals surface area contributed by atoms with Gasteiger partial charge in [0.1, 0.15) is 0 Å². The van der Waals surface area contributed by atoms with Gasteiger partial charge in [-0.3, -0.25) is 0 Å². The van der Waals surface area contributed by atoms with Crippen LogP contribution in [0, 0.1) is 18.7 Å². The van der Waals surface area contributed by atoms with E-state index in [9.17, 15) is 9.50 Å². The van der Waals surface area contributed by atoms with E-state index in [0.29, 0.717) is 0 Å². The molecule has 1 aliphatic rings. The maximum absolute atomic E-state index is 12.9. The molecule has 14 heavy (non-hydrogen) atoms. The molecule has 0 radical (unpaired) electrons. The van der Waals surface area contributed by atoms with Gasteiger partial charge in [0.15, 0.2) is 11.6 Å². The largest absolute Gasteiger partial charge is 0.505 e. The van der Waals surface area contributed by atoms with E-state index >= 15 is 0 Å². The predicted molar refractivity (Wildman–Crippen MR) is 56.2 cm³/mol. The van der Waals surface area contributed by atoms with Gasteiger partial charge in [0, 0.05) is 10.6 Å². The summed E-state index contributed by atoms with van der Waals surface area (Å²) in [5, 5.41) is 9.22. The highest BCUT2D eigenvalue weighted by molar-refractivity contribution is 7.99. The summed E-state index contributed by atoms with van der Waals surface area (Å²) < 4.78 is 12.9. The van der Waals surface area contributed by atoms with Crippen molar-refractivity contribution in [3.63, 3.8) is 0 Å². The Morgan fingerprint density at radius 3 is 2.86 bits per heavy atom. The molecule has 1 aliphatic carbocycles. The number of halogens is 1. The molecule has 2 rings (SSSR count). The highest BCUT2D eigenvalue weighted by Crippen LogP contribution is 2.37.